The number of hydrogen-bond acceptors (Lipinski definition) is 2. The fourth-order valence-corrected chi connectivity index (χ4v) is 1.65. The molecule has 0 aliphatic heterocycles. The summed E-state index contributed by atoms with van der Waals surface area (Å²) in [7, 11) is 0. The van der Waals surface area contributed by atoms with E-state index in [9.17, 15) is 9.18 Å². The number of amides is 1. The molecule has 17 heavy (non-hydrogen) atoms. The van der Waals surface area contributed by atoms with Crippen molar-refractivity contribution in [3.05, 3.63) is 52.6 Å². The average molecular weight is 254 g/mol. The summed E-state index contributed by atoms with van der Waals surface area (Å²) in [6, 6.07) is 5.94. The van der Waals surface area contributed by atoms with Crippen LogP contribution < -0.4 is 5.73 Å². The quantitative estimate of drug-likeness (QED) is 0.907. The van der Waals surface area contributed by atoms with Crippen molar-refractivity contribution in [1.29, 1.82) is 0 Å². The first-order valence-electron chi connectivity index (χ1n) is 4.83. The second-order valence-electron chi connectivity index (χ2n) is 3.50. The van der Waals surface area contributed by atoms with Gasteiger partial charge in [0.25, 0.3) is 5.91 Å². The van der Waals surface area contributed by atoms with E-state index in [1.54, 1.807) is 12.1 Å². The zero-order chi connectivity index (χ0) is 12.4. The van der Waals surface area contributed by atoms with Crippen LogP contribution in [0.15, 0.2) is 30.5 Å². The van der Waals surface area contributed by atoms with Gasteiger partial charge in [0.15, 0.2) is 0 Å². The summed E-state index contributed by atoms with van der Waals surface area (Å²) in [4.78, 5) is 11.0. The van der Waals surface area contributed by atoms with Gasteiger partial charge in [-0.3, -0.25) is 4.79 Å². The number of primary amides is 1. The third-order valence-corrected chi connectivity index (χ3v) is 2.68. The second-order valence-corrected chi connectivity index (χ2v) is 3.86. The van der Waals surface area contributed by atoms with Crippen LogP contribution in [0.3, 0.4) is 0 Å². The lowest BCUT2D eigenvalue weighted by Crippen LogP contribution is -2.11. The largest absolute Gasteiger partial charge is 0.365 e. The fourth-order valence-electron chi connectivity index (χ4n) is 1.41. The van der Waals surface area contributed by atoms with Crippen LogP contribution in [-0.4, -0.2) is 15.7 Å². The average Bonchev–Trinajstić information content (AvgIpc) is 2.64. The van der Waals surface area contributed by atoms with Crippen LogP contribution in [0.4, 0.5) is 4.39 Å². The van der Waals surface area contributed by atoms with Gasteiger partial charge in [-0.2, -0.15) is 5.10 Å². The zero-order valence-electron chi connectivity index (χ0n) is 8.73. The lowest BCUT2D eigenvalue weighted by Gasteiger charge is -2.03. The van der Waals surface area contributed by atoms with E-state index in [4.69, 9.17) is 17.3 Å². The molecular weight excluding hydrogens is 245 g/mol. The van der Waals surface area contributed by atoms with Gasteiger partial charge in [-0.15, -0.1) is 0 Å². The molecule has 1 amide bonds. The Bertz CT molecular complexity index is 550. The van der Waals surface area contributed by atoms with E-state index in [1.807, 2.05) is 0 Å². The summed E-state index contributed by atoms with van der Waals surface area (Å²) in [5.74, 6) is -0.932. The molecule has 0 aliphatic carbocycles. The summed E-state index contributed by atoms with van der Waals surface area (Å²) < 4.78 is 14.1. The molecule has 4 nitrogen and oxygen atoms in total. The van der Waals surface area contributed by atoms with Crippen LogP contribution in [0.5, 0.6) is 0 Å². The first kappa shape index (κ1) is 11.6. The minimum atomic E-state index is -0.625. The van der Waals surface area contributed by atoms with Crippen molar-refractivity contribution in [3.8, 4) is 0 Å². The van der Waals surface area contributed by atoms with Crippen molar-refractivity contribution in [2.24, 2.45) is 5.73 Å². The number of rotatable bonds is 3. The highest BCUT2D eigenvalue weighted by atomic mass is 35.5. The summed E-state index contributed by atoms with van der Waals surface area (Å²) in [6.07, 6.45) is 1.31. The number of nitrogens with zero attached hydrogens (tertiary/aromatic N) is 2. The molecule has 6 heteroatoms. The maximum absolute atomic E-state index is 12.7. The van der Waals surface area contributed by atoms with Gasteiger partial charge in [0, 0.05) is 0 Å². The minimum Gasteiger partial charge on any atom is -0.365 e. The molecule has 1 heterocycles. The standard InChI is InChI=1S/C11H9ClFN3O/c12-10-9(11(14)17)5-15-16(10)6-7-1-3-8(13)4-2-7/h1-5H,6H2,(H2,14,17). The molecule has 2 rings (SSSR count). The van der Waals surface area contributed by atoms with Crippen molar-refractivity contribution >= 4 is 17.5 Å². The van der Waals surface area contributed by atoms with Gasteiger partial charge in [-0.25, -0.2) is 9.07 Å². The Balaban J connectivity index is 2.24. The molecule has 2 aromatic rings. The second kappa shape index (κ2) is 4.55. The molecule has 0 saturated carbocycles. The van der Waals surface area contributed by atoms with E-state index in [2.05, 4.69) is 5.10 Å². The van der Waals surface area contributed by atoms with Gasteiger partial charge in [0.1, 0.15) is 11.0 Å². The number of carbonyl (C=O) groups is 1. The SMILES string of the molecule is NC(=O)c1cnn(Cc2ccc(F)cc2)c1Cl. The molecule has 88 valence electrons. The van der Waals surface area contributed by atoms with Crippen LogP contribution in [-0.2, 0) is 6.54 Å². The number of carbonyl (C=O) groups excluding carboxylic acids is 1. The number of benzene rings is 1. The topological polar surface area (TPSA) is 60.9 Å². The molecule has 0 spiro atoms. The monoisotopic (exact) mass is 253 g/mol. The van der Waals surface area contributed by atoms with E-state index in [-0.39, 0.29) is 16.5 Å². The van der Waals surface area contributed by atoms with Gasteiger partial charge in [0.05, 0.1) is 18.3 Å². The third kappa shape index (κ3) is 2.45. The van der Waals surface area contributed by atoms with Crippen molar-refractivity contribution < 1.29 is 9.18 Å². The van der Waals surface area contributed by atoms with Crippen molar-refractivity contribution in [2.45, 2.75) is 6.54 Å². The van der Waals surface area contributed by atoms with Crippen molar-refractivity contribution in [2.75, 3.05) is 0 Å². The zero-order valence-corrected chi connectivity index (χ0v) is 9.49. The predicted molar refractivity (Wildman–Crippen MR) is 61.3 cm³/mol. The smallest absolute Gasteiger partial charge is 0.253 e. The number of nitrogens with two attached hydrogens (primary N) is 1. The van der Waals surface area contributed by atoms with Crippen molar-refractivity contribution in [1.82, 2.24) is 9.78 Å². The molecule has 1 aromatic heterocycles. The van der Waals surface area contributed by atoms with Crippen LogP contribution in [0.25, 0.3) is 0 Å². The van der Waals surface area contributed by atoms with E-state index >= 15 is 0 Å². The predicted octanol–water partition coefficient (Wildman–Crippen LogP) is 1.82. The Labute approximate surface area is 102 Å². The van der Waals surface area contributed by atoms with Gasteiger partial charge in [0.2, 0.25) is 0 Å². The Morgan fingerprint density at radius 1 is 1.41 bits per heavy atom. The Hall–Kier alpha value is -1.88. The third-order valence-electron chi connectivity index (χ3n) is 2.29. The Morgan fingerprint density at radius 3 is 2.59 bits per heavy atom. The Kier molecular flexibility index (Phi) is 3.10. The highest BCUT2D eigenvalue weighted by Gasteiger charge is 2.12. The van der Waals surface area contributed by atoms with Crippen LogP contribution in [0.1, 0.15) is 15.9 Å². The summed E-state index contributed by atoms with van der Waals surface area (Å²) in [5.41, 5.74) is 6.12. The minimum absolute atomic E-state index is 0.175. The van der Waals surface area contributed by atoms with Crippen LogP contribution >= 0.6 is 11.6 Å². The molecule has 0 atom stereocenters. The highest BCUT2D eigenvalue weighted by molar-refractivity contribution is 6.32. The molecule has 0 bridgehead atoms. The highest BCUT2D eigenvalue weighted by Crippen LogP contribution is 2.16. The van der Waals surface area contributed by atoms with E-state index in [1.165, 1.54) is 23.0 Å². The van der Waals surface area contributed by atoms with Gasteiger partial charge < -0.3 is 5.73 Å². The number of hydrogen-bond donors (Lipinski definition) is 1. The fraction of sp³-hybridized carbons (Fsp3) is 0.0909. The normalized spacial score (nSPS) is 10.5. The number of halogens is 2. The molecule has 1 aromatic carbocycles. The molecule has 0 aliphatic rings. The van der Waals surface area contributed by atoms with Gasteiger partial charge in [-0.1, -0.05) is 23.7 Å². The molecule has 0 unspecified atom stereocenters. The first-order chi connectivity index (χ1) is 8.08. The number of aromatic nitrogens is 2. The lowest BCUT2D eigenvalue weighted by molar-refractivity contribution is 0.100. The maximum atomic E-state index is 12.7. The van der Waals surface area contributed by atoms with Gasteiger partial charge in [-0.05, 0) is 17.7 Å². The van der Waals surface area contributed by atoms with E-state index in [0.717, 1.165) is 5.56 Å². The lowest BCUT2D eigenvalue weighted by atomic mass is 10.2. The molecule has 0 fully saturated rings. The summed E-state index contributed by atoms with van der Waals surface area (Å²) >= 11 is 5.93. The maximum Gasteiger partial charge on any atom is 0.253 e. The summed E-state index contributed by atoms with van der Waals surface area (Å²) in [5, 5.41) is 4.13. The van der Waals surface area contributed by atoms with Crippen LogP contribution in [0, 0.1) is 5.82 Å². The first-order valence-corrected chi connectivity index (χ1v) is 5.21. The van der Waals surface area contributed by atoms with E-state index in [0.29, 0.717) is 6.54 Å². The molecule has 2 N–H and O–H groups in total. The van der Waals surface area contributed by atoms with Crippen molar-refractivity contribution in [3.63, 3.8) is 0 Å². The van der Waals surface area contributed by atoms with Crippen LogP contribution in [0.2, 0.25) is 5.15 Å². The van der Waals surface area contributed by atoms with Gasteiger partial charge >= 0.3 is 0 Å². The molecular formula is C11H9ClFN3O. The van der Waals surface area contributed by atoms with E-state index < -0.39 is 5.91 Å². The molecule has 0 radical (unpaired) electrons. The summed E-state index contributed by atoms with van der Waals surface area (Å²) in [6.45, 7) is 0.354. The molecule has 0 saturated heterocycles. The Morgan fingerprint density at radius 2 is 2.06 bits per heavy atom.